The van der Waals surface area contributed by atoms with Crippen molar-refractivity contribution in [2.45, 2.75) is 20.0 Å². The highest BCUT2D eigenvalue weighted by Gasteiger charge is 2.21. The number of amides is 1. The number of thiazole rings is 1. The van der Waals surface area contributed by atoms with Crippen LogP contribution in [-0.4, -0.2) is 28.0 Å². The highest BCUT2D eigenvalue weighted by molar-refractivity contribution is 7.15. The number of carbonyl (C=O) groups is 1. The Balaban J connectivity index is 1.72. The normalized spacial score (nSPS) is 12.7. The fraction of sp³-hybridized carbons (Fsp3) is 0.222. The molecule has 0 aliphatic carbocycles. The fourth-order valence-electron chi connectivity index (χ4n) is 2.93. The molecule has 0 fully saturated rings. The van der Waals surface area contributed by atoms with Crippen LogP contribution in [0.4, 0.5) is 5.13 Å². The van der Waals surface area contributed by atoms with Crippen molar-refractivity contribution < 1.29 is 9.53 Å². The first-order valence-corrected chi connectivity index (χ1v) is 9.42. The van der Waals surface area contributed by atoms with Gasteiger partial charge >= 0.3 is 0 Å². The SMILES string of the molecule is COc1cnc(Cl)cc1-c1cc(C)ncc1C(=O)Nc1nc2c(s1)CNC2. The molecule has 0 bridgehead atoms. The van der Waals surface area contributed by atoms with E-state index in [1.54, 1.807) is 19.4 Å². The van der Waals surface area contributed by atoms with Crippen LogP contribution >= 0.6 is 22.9 Å². The first kappa shape index (κ1) is 17.8. The van der Waals surface area contributed by atoms with E-state index in [9.17, 15) is 4.79 Å². The zero-order chi connectivity index (χ0) is 19.0. The molecule has 0 spiro atoms. The minimum Gasteiger partial charge on any atom is -0.494 e. The van der Waals surface area contributed by atoms with Gasteiger partial charge in [0.25, 0.3) is 5.91 Å². The van der Waals surface area contributed by atoms with Gasteiger partial charge in [-0.15, -0.1) is 11.3 Å². The molecular formula is C18H16ClN5O2S. The zero-order valence-corrected chi connectivity index (χ0v) is 16.2. The van der Waals surface area contributed by atoms with Gasteiger partial charge in [0.2, 0.25) is 0 Å². The number of methoxy groups -OCH3 is 1. The van der Waals surface area contributed by atoms with Crippen LogP contribution in [0.3, 0.4) is 0 Å². The predicted octanol–water partition coefficient (Wildman–Crippen LogP) is 3.43. The van der Waals surface area contributed by atoms with Crippen molar-refractivity contribution in [2.24, 2.45) is 0 Å². The van der Waals surface area contributed by atoms with Crippen molar-refractivity contribution in [1.82, 2.24) is 20.3 Å². The highest BCUT2D eigenvalue weighted by atomic mass is 35.5. The van der Waals surface area contributed by atoms with E-state index in [0.717, 1.165) is 29.4 Å². The minimum atomic E-state index is -0.284. The standard InChI is InChI=1S/C18H16ClN5O2S/c1-9-3-10(11-4-16(19)22-7-14(11)26-2)12(5-21-9)17(25)24-18-23-13-6-20-8-15(13)27-18/h3-5,7,20H,6,8H2,1-2H3,(H,23,24,25). The minimum absolute atomic E-state index is 0.284. The maximum absolute atomic E-state index is 12.9. The average molecular weight is 402 g/mol. The number of ether oxygens (including phenoxy) is 1. The van der Waals surface area contributed by atoms with Crippen LogP contribution < -0.4 is 15.4 Å². The Hall–Kier alpha value is -2.55. The molecule has 4 rings (SSSR count). The van der Waals surface area contributed by atoms with Crippen LogP contribution in [-0.2, 0) is 13.1 Å². The lowest BCUT2D eigenvalue weighted by molar-refractivity contribution is 0.102. The van der Waals surface area contributed by atoms with E-state index in [2.05, 4.69) is 25.6 Å². The van der Waals surface area contributed by atoms with Crippen LogP contribution in [0, 0.1) is 6.92 Å². The summed E-state index contributed by atoms with van der Waals surface area (Å²) in [6.45, 7) is 3.37. The number of pyridine rings is 2. The molecule has 1 amide bonds. The molecule has 3 aromatic heterocycles. The van der Waals surface area contributed by atoms with Gasteiger partial charge in [0.1, 0.15) is 10.9 Å². The number of fused-ring (bicyclic) bond motifs is 1. The van der Waals surface area contributed by atoms with Gasteiger partial charge in [0.15, 0.2) is 5.13 Å². The second-order valence-electron chi connectivity index (χ2n) is 6.03. The highest BCUT2D eigenvalue weighted by Crippen LogP contribution is 2.34. The average Bonchev–Trinajstić information content (AvgIpc) is 3.23. The smallest absolute Gasteiger partial charge is 0.259 e. The number of aryl methyl sites for hydroxylation is 1. The summed E-state index contributed by atoms with van der Waals surface area (Å²) in [4.78, 5) is 26.9. The van der Waals surface area contributed by atoms with Gasteiger partial charge in [0.05, 0.1) is 24.6 Å². The lowest BCUT2D eigenvalue weighted by atomic mass is 10.0. The molecular weight excluding hydrogens is 386 g/mol. The first-order valence-electron chi connectivity index (χ1n) is 8.22. The lowest BCUT2D eigenvalue weighted by Gasteiger charge is -2.13. The molecule has 2 N–H and O–H groups in total. The van der Waals surface area contributed by atoms with Crippen LogP contribution in [0.2, 0.25) is 5.15 Å². The Kier molecular flexibility index (Phi) is 4.77. The van der Waals surface area contributed by atoms with Crippen LogP contribution in [0.5, 0.6) is 5.75 Å². The molecule has 0 radical (unpaired) electrons. The van der Waals surface area contributed by atoms with Gasteiger partial charge in [-0.3, -0.25) is 15.1 Å². The summed E-state index contributed by atoms with van der Waals surface area (Å²) < 4.78 is 5.40. The molecule has 1 aliphatic rings. The number of anilines is 1. The summed E-state index contributed by atoms with van der Waals surface area (Å²) in [6.07, 6.45) is 3.09. The third-order valence-corrected chi connectivity index (χ3v) is 5.43. The number of nitrogens with zero attached hydrogens (tertiary/aromatic N) is 3. The first-order chi connectivity index (χ1) is 13.0. The summed E-state index contributed by atoms with van der Waals surface area (Å²) in [7, 11) is 1.55. The van der Waals surface area contributed by atoms with Gasteiger partial charge < -0.3 is 10.1 Å². The number of hydrogen-bond donors (Lipinski definition) is 2. The topological polar surface area (TPSA) is 89.0 Å². The predicted molar refractivity (Wildman–Crippen MR) is 104 cm³/mol. The van der Waals surface area contributed by atoms with Crippen molar-refractivity contribution in [3.8, 4) is 16.9 Å². The van der Waals surface area contributed by atoms with E-state index >= 15 is 0 Å². The van der Waals surface area contributed by atoms with Crippen molar-refractivity contribution in [2.75, 3.05) is 12.4 Å². The molecule has 7 nitrogen and oxygen atoms in total. The second-order valence-corrected chi connectivity index (χ2v) is 7.50. The molecule has 0 atom stereocenters. The summed E-state index contributed by atoms with van der Waals surface area (Å²) >= 11 is 7.55. The number of nitrogens with one attached hydrogen (secondary N) is 2. The van der Waals surface area contributed by atoms with E-state index in [4.69, 9.17) is 16.3 Å². The largest absolute Gasteiger partial charge is 0.494 e. The van der Waals surface area contributed by atoms with Gasteiger partial charge in [-0.25, -0.2) is 9.97 Å². The third-order valence-electron chi connectivity index (χ3n) is 4.21. The van der Waals surface area contributed by atoms with Crippen LogP contribution in [0.1, 0.15) is 26.6 Å². The van der Waals surface area contributed by atoms with E-state index in [0.29, 0.717) is 32.7 Å². The maximum atomic E-state index is 12.9. The van der Waals surface area contributed by atoms with Crippen molar-refractivity contribution in [3.05, 3.63) is 51.5 Å². The van der Waals surface area contributed by atoms with Crippen molar-refractivity contribution >= 4 is 34.0 Å². The van der Waals surface area contributed by atoms with Crippen LogP contribution in [0.25, 0.3) is 11.1 Å². The monoisotopic (exact) mass is 401 g/mol. The number of halogens is 1. The third kappa shape index (κ3) is 3.51. The maximum Gasteiger partial charge on any atom is 0.259 e. The van der Waals surface area contributed by atoms with Gasteiger partial charge in [-0.1, -0.05) is 11.6 Å². The number of rotatable bonds is 4. The summed E-state index contributed by atoms with van der Waals surface area (Å²) in [5.41, 5.74) is 3.52. The summed E-state index contributed by atoms with van der Waals surface area (Å²) in [5, 5.41) is 7.00. The van der Waals surface area contributed by atoms with Crippen LogP contribution in [0.15, 0.2) is 24.5 Å². The Labute approximate surface area is 164 Å². The molecule has 0 unspecified atom stereocenters. The molecule has 0 saturated carbocycles. The van der Waals surface area contributed by atoms with Gasteiger partial charge in [-0.05, 0) is 19.1 Å². The number of carbonyl (C=O) groups excluding carboxylic acids is 1. The van der Waals surface area contributed by atoms with Crippen molar-refractivity contribution in [1.29, 1.82) is 0 Å². The Morgan fingerprint density at radius 1 is 1.26 bits per heavy atom. The molecule has 0 saturated heterocycles. The number of hydrogen-bond acceptors (Lipinski definition) is 7. The molecule has 27 heavy (non-hydrogen) atoms. The number of aromatic nitrogens is 3. The molecule has 3 aromatic rings. The summed E-state index contributed by atoms with van der Waals surface area (Å²) in [5.74, 6) is 0.242. The molecule has 138 valence electrons. The molecule has 1 aliphatic heterocycles. The van der Waals surface area contributed by atoms with E-state index in [1.165, 1.54) is 17.5 Å². The van der Waals surface area contributed by atoms with E-state index < -0.39 is 0 Å². The molecule has 9 heteroatoms. The van der Waals surface area contributed by atoms with Crippen molar-refractivity contribution in [3.63, 3.8) is 0 Å². The quantitative estimate of drug-likeness (QED) is 0.651. The summed E-state index contributed by atoms with van der Waals surface area (Å²) in [6, 6.07) is 3.50. The Morgan fingerprint density at radius 2 is 2.11 bits per heavy atom. The Bertz CT molecular complexity index is 1020. The van der Waals surface area contributed by atoms with Gasteiger partial charge in [-0.2, -0.15) is 0 Å². The Morgan fingerprint density at radius 3 is 2.89 bits per heavy atom. The lowest BCUT2D eigenvalue weighted by Crippen LogP contribution is -2.14. The van der Waals surface area contributed by atoms with E-state index in [1.807, 2.05) is 13.0 Å². The second kappa shape index (κ2) is 7.22. The molecule has 0 aromatic carbocycles. The van der Waals surface area contributed by atoms with Gasteiger partial charge in [0, 0.05) is 41.0 Å². The molecule has 4 heterocycles. The fourth-order valence-corrected chi connectivity index (χ4v) is 4.03. The zero-order valence-electron chi connectivity index (χ0n) is 14.7. The van der Waals surface area contributed by atoms with E-state index in [-0.39, 0.29) is 5.91 Å².